The van der Waals surface area contributed by atoms with Gasteiger partial charge >= 0.3 is 0 Å². The summed E-state index contributed by atoms with van der Waals surface area (Å²) in [4.78, 5) is 10.3. The second kappa shape index (κ2) is 13.3. The third kappa shape index (κ3) is 5.76. The maximum Gasteiger partial charge on any atom is 0.160 e. The van der Waals surface area contributed by atoms with Gasteiger partial charge < -0.3 is 8.83 Å². The zero-order valence-electron chi connectivity index (χ0n) is 30.5. The highest BCUT2D eigenvalue weighted by Crippen LogP contribution is 2.42. The highest BCUT2D eigenvalue weighted by Gasteiger charge is 2.19. The normalized spacial score (nSPS) is 11.6. The summed E-state index contributed by atoms with van der Waals surface area (Å²) >= 11 is 0. The first-order valence-corrected chi connectivity index (χ1v) is 18.9. The quantitative estimate of drug-likeness (QED) is 0.171. The molecule has 0 N–H and O–H groups in total. The first-order valence-electron chi connectivity index (χ1n) is 18.9. The van der Waals surface area contributed by atoms with E-state index in [0.717, 1.165) is 99.8 Å². The number of fused-ring (bicyclic) bond motifs is 6. The van der Waals surface area contributed by atoms with E-state index in [4.69, 9.17) is 18.8 Å². The first kappa shape index (κ1) is 32.8. The number of hydrogen-bond donors (Lipinski definition) is 0. The van der Waals surface area contributed by atoms with E-state index < -0.39 is 0 Å². The molecule has 0 spiro atoms. The SMILES string of the molecule is Fc1ccc(-c2nc(-c3cccc(-c4ccccc4)c3)cc(-c3cc(-c4cccc5c4oc4ccccc45)cc(-c4cccc5c4oc4ccccc45)c3)n2)cc1. The van der Waals surface area contributed by atoms with Gasteiger partial charge in [-0.15, -0.1) is 0 Å². The Kier molecular flexibility index (Phi) is 7.64. The van der Waals surface area contributed by atoms with Crippen LogP contribution >= 0.6 is 0 Å². The van der Waals surface area contributed by atoms with Crippen LogP contribution in [0, 0.1) is 5.82 Å². The zero-order chi connectivity index (χ0) is 37.9. The van der Waals surface area contributed by atoms with Gasteiger partial charge in [-0.05, 0) is 89.0 Å². The van der Waals surface area contributed by atoms with Crippen LogP contribution in [0.4, 0.5) is 4.39 Å². The number of nitrogens with zero attached hydrogens (tertiary/aromatic N) is 2. The summed E-state index contributed by atoms with van der Waals surface area (Å²) in [6.07, 6.45) is 0. The predicted molar refractivity (Wildman–Crippen MR) is 229 cm³/mol. The van der Waals surface area contributed by atoms with Crippen LogP contribution in [0.2, 0.25) is 0 Å². The molecule has 11 rings (SSSR count). The van der Waals surface area contributed by atoms with E-state index in [2.05, 4.69) is 103 Å². The van der Waals surface area contributed by atoms with Crippen molar-refractivity contribution in [1.82, 2.24) is 9.97 Å². The highest BCUT2D eigenvalue weighted by atomic mass is 19.1. The predicted octanol–water partition coefficient (Wildman–Crippen LogP) is 14.4. The van der Waals surface area contributed by atoms with Gasteiger partial charge in [-0.25, -0.2) is 14.4 Å². The minimum atomic E-state index is -0.317. The average molecular weight is 735 g/mol. The number of para-hydroxylation sites is 4. The maximum atomic E-state index is 14.2. The fraction of sp³-hybridized carbons (Fsp3) is 0. The maximum absolute atomic E-state index is 14.2. The van der Waals surface area contributed by atoms with Gasteiger partial charge in [0.05, 0.1) is 11.4 Å². The molecule has 0 fully saturated rings. The van der Waals surface area contributed by atoms with Crippen molar-refractivity contribution in [3.63, 3.8) is 0 Å². The molecule has 3 heterocycles. The van der Waals surface area contributed by atoms with E-state index in [-0.39, 0.29) is 5.82 Å². The number of aromatic nitrogens is 2. The number of benzene rings is 8. The Morgan fingerprint density at radius 3 is 1.44 bits per heavy atom. The average Bonchev–Trinajstić information content (AvgIpc) is 3.85. The molecule has 0 aliphatic rings. The molecule has 57 heavy (non-hydrogen) atoms. The van der Waals surface area contributed by atoms with Crippen molar-refractivity contribution in [3.05, 3.63) is 194 Å². The molecule has 268 valence electrons. The lowest BCUT2D eigenvalue weighted by Gasteiger charge is -2.14. The third-order valence-electron chi connectivity index (χ3n) is 10.8. The molecule has 0 unspecified atom stereocenters. The van der Waals surface area contributed by atoms with Crippen LogP contribution in [-0.4, -0.2) is 9.97 Å². The topological polar surface area (TPSA) is 52.1 Å². The molecule has 0 aliphatic heterocycles. The summed E-state index contributed by atoms with van der Waals surface area (Å²) in [5.74, 6) is 0.181. The summed E-state index contributed by atoms with van der Waals surface area (Å²) in [6.45, 7) is 0. The molecule has 0 aliphatic carbocycles. The van der Waals surface area contributed by atoms with Gasteiger partial charge in [0, 0.05) is 49.4 Å². The second-order valence-electron chi connectivity index (χ2n) is 14.3. The molecule has 8 aromatic carbocycles. The van der Waals surface area contributed by atoms with Crippen molar-refractivity contribution in [1.29, 1.82) is 0 Å². The van der Waals surface area contributed by atoms with E-state index >= 15 is 0 Å². The van der Waals surface area contributed by atoms with E-state index in [1.165, 1.54) is 12.1 Å². The molecule has 5 heteroatoms. The molecular weight excluding hydrogens is 704 g/mol. The Balaban J connectivity index is 1.17. The van der Waals surface area contributed by atoms with Crippen LogP contribution in [0.15, 0.2) is 197 Å². The van der Waals surface area contributed by atoms with Crippen molar-refractivity contribution in [2.45, 2.75) is 0 Å². The van der Waals surface area contributed by atoms with Crippen molar-refractivity contribution >= 4 is 43.9 Å². The second-order valence-corrected chi connectivity index (χ2v) is 14.3. The molecule has 0 radical (unpaired) electrons. The Bertz CT molecular complexity index is 3180. The Morgan fingerprint density at radius 1 is 0.333 bits per heavy atom. The summed E-state index contributed by atoms with van der Waals surface area (Å²) in [5.41, 5.74) is 13.4. The Morgan fingerprint density at radius 2 is 0.807 bits per heavy atom. The largest absolute Gasteiger partial charge is 0.455 e. The number of halogens is 1. The lowest BCUT2D eigenvalue weighted by atomic mass is 9.93. The van der Waals surface area contributed by atoms with E-state index in [9.17, 15) is 4.39 Å². The standard InChI is InChI=1S/C52H31FN2O2/c53-39-25-23-33(24-26-39)52-54-46(35-14-8-13-34(27-35)32-11-2-1-3-12-32)31-47(55-52)38-29-36(40-17-9-19-44-42-15-4-6-21-48(42)56-50(40)44)28-37(30-38)41-18-10-20-45-43-16-5-7-22-49(43)57-51(41)45/h1-31H. The van der Waals surface area contributed by atoms with Crippen LogP contribution in [0.25, 0.3) is 111 Å². The summed E-state index contributed by atoms with van der Waals surface area (Å²) in [7, 11) is 0. The molecule has 0 saturated heterocycles. The van der Waals surface area contributed by atoms with Gasteiger partial charge in [0.25, 0.3) is 0 Å². The molecule has 11 aromatic rings. The van der Waals surface area contributed by atoms with Gasteiger partial charge in [-0.3, -0.25) is 0 Å². The smallest absolute Gasteiger partial charge is 0.160 e. The van der Waals surface area contributed by atoms with Gasteiger partial charge in [-0.1, -0.05) is 121 Å². The van der Waals surface area contributed by atoms with E-state index in [1.54, 1.807) is 12.1 Å². The van der Waals surface area contributed by atoms with Crippen LogP contribution in [0.3, 0.4) is 0 Å². The fourth-order valence-corrected chi connectivity index (χ4v) is 8.00. The molecular formula is C52H31FN2O2. The minimum absolute atomic E-state index is 0.317. The summed E-state index contributed by atoms with van der Waals surface area (Å²) in [6, 6.07) is 62.5. The fourth-order valence-electron chi connectivity index (χ4n) is 8.00. The van der Waals surface area contributed by atoms with Crippen molar-refractivity contribution in [2.24, 2.45) is 0 Å². The van der Waals surface area contributed by atoms with Gasteiger partial charge in [-0.2, -0.15) is 0 Å². The molecule has 4 nitrogen and oxygen atoms in total. The number of furan rings is 2. The minimum Gasteiger partial charge on any atom is -0.455 e. The Hall–Kier alpha value is -7.63. The van der Waals surface area contributed by atoms with Gasteiger partial charge in [0.1, 0.15) is 28.1 Å². The molecule has 0 bridgehead atoms. The molecule has 3 aromatic heterocycles. The first-order chi connectivity index (χ1) is 28.1. The number of rotatable bonds is 6. The highest BCUT2D eigenvalue weighted by molar-refractivity contribution is 6.11. The molecule has 0 saturated carbocycles. The zero-order valence-corrected chi connectivity index (χ0v) is 30.5. The number of hydrogen-bond acceptors (Lipinski definition) is 4. The lowest BCUT2D eigenvalue weighted by Crippen LogP contribution is -1.97. The monoisotopic (exact) mass is 734 g/mol. The third-order valence-corrected chi connectivity index (χ3v) is 10.8. The van der Waals surface area contributed by atoms with E-state index in [0.29, 0.717) is 11.4 Å². The Labute approximate surface area is 327 Å². The molecule has 0 atom stereocenters. The van der Waals surface area contributed by atoms with Crippen molar-refractivity contribution < 1.29 is 13.2 Å². The lowest BCUT2D eigenvalue weighted by molar-refractivity contribution is 0.628. The van der Waals surface area contributed by atoms with Gasteiger partial charge in [0.2, 0.25) is 0 Å². The van der Waals surface area contributed by atoms with Crippen LogP contribution in [0.5, 0.6) is 0 Å². The van der Waals surface area contributed by atoms with Crippen molar-refractivity contribution in [3.8, 4) is 67.3 Å². The molecule has 0 amide bonds. The van der Waals surface area contributed by atoms with E-state index in [1.807, 2.05) is 60.7 Å². The van der Waals surface area contributed by atoms with Crippen LogP contribution in [0.1, 0.15) is 0 Å². The summed E-state index contributed by atoms with van der Waals surface area (Å²) < 4.78 is 27.4. The summed E-state index contributed by atoms with van der Waals surface area (Å²) in [5, 5.41) is 4.24. The van der Waals surface area contributed by atoms with Crippen molar-refractivity contribution in [2.75, 3.05) is 0 Å². The van der Waals surface area contributed by atoms with Gasteiger partial charge in [0.15, 0.2) is 5.82 Å². The van der Waals surface area contributed by atoms with Crippen LogP contribution in [-0.2, 0) is 0 Å². The van der Waals surface area contributed by atoms with Crippen LogP contribution < -0.4 is 0 Å².